The molecule has 1 N–H and O–H groups in total. The van der Waals surface area contributed by atoms with Gasteiger partial charge in [0.15, 0.2) is 11.5 Å². The van der Waals surface area contributed by atoms with Crippen LogP contribution in [0.3, 0.4) is 0 Å². The van der Waals surface area contributed by atoms with E-state index in [9.17, 15) is 13.2 Å². The molecule has 0 aliphatic rings. The number of rotatable bonds is 12. The van der Waals surface area contributed by atoms with Crippen molar-refractivity contribution in [2.45, 2.75) is 52.4 Å². The summed E-state index contributed by atoms with van der Waals surface area (Å²) in [7, 11) is 4.58. The molecule has 0 amide bonds. The zero-order valence-corrected chi connectivity index (χ0v) is 25.1. The molecule has 0 aliphatic heterocycles. The van der Waals surface area contributed by atoms with E-state index in [1.807, 2.05) is 6.07 Å². The van der Waals surface area contributed by atoms with Crippen LogP contribution in [0.1, 0.15) is 44.4 Å². The fraction of sp³-hybridized carbons (Fsp3) is 0.406. The standard InChI is InChI=1S/C32H38F3N3O4/c1-19(2)38(20(3)4)12-13-42-24-15-22(14-21-10-8-9-11-25(21)32(33,34)35)29-26(18-24)36-31(37-29)23-16-27(39-5)30(41-7)28(17-23)40-6/h8-11,15-20H,12-14H2,1-7H3,(H,36,37). The van der Waals surface area contributed by atoms with Crippen LogP contribution in [0.25, 0.3) is 22.4 Å². The molecule has 10 heteroatoms. The van der Waals surface area contributed by atoms with E-state index >= 15 is 0 Å². The zero-order chi connectivity index (χ0) is 30.6. The third kappa shape index (κ3) is 6.75. The molecule has 3 aromatic carbocycles. The fourth-order valence-electron chi connectivity index (χ4n) is 5.27. The second-order valence-electron chi connectivity index (χ2n) is 10.6. The summed E-state index contributed by atoms with van der Waals surface area (Å²) in [5, 5.41) is 0. The van der Waals surface area contributed by atoms with Gasteiger partial charge in [-0.1, -0.05) is 18.2 Å². The number of hydrogen-bond acceptors (Lipinski definition) is 6. The Hall–Kier alpha value is -3.92. The van der Waals surface area contributed by atoms with E-state index in [0.29, 0.717) is 76.2 Å². The Morgan fingerprint density at radius 3 is 2.07 bits per heavy atom. The molecule has 0 fully saturated rings. The van der Waals surface area contributed by atoms with Crippen LogP contribution in [-0.2, 0) is 12.6 Å². The molecule has 0 spiro atoms. The quantitative estimate of drug-likeness (QED) is 0.187. The normalized spacial score (nSPS) is 12.0. The van der Waals surface area contributed by atoms with E-state index in [1.165, 1.54) is 33.5 Å². The second-order valence-corrected chi connectivity index (χ2v) is 10.6. The molecule has 226 valence electrons. The number of nitrogens with one attached hydrogen (secondary N) is 1. The summed E-state index contributed by atoms with van der Waals surface area (Å²) in [4.78, 5) is 10.5. The predicted molar refractivity (Wildman–Crippen MR) is 158 cm³/mol. The number of methoxy groups -OCH3 is 3. The molecule has 1 aromatic heterocycles. The summed E-state index contributed by atoms with van der Waals surface area (Å²) < 4.78 is 64.2. The van der Waals surface area contributed by atoms with Gasteiger partial charge >= 0.3 is 6.18 Å². The smallest absolute Gasteiger partial charge is 0.416 e. The molecule has 4 aromatic rings. The van der Waals surface area contributed by atoms with Crippen LogP contribution in [-0.4, -0.2) is 61.4 Å². The number of imidazole rings is 1. The first-order chi connectivity index (χ1) is 20.0. The summed E-state index contributed by atoms with van der Waals surface area (Å²) in [6.07, 6.45) is -4.46. The number of benzene rings is 3. The lowest BCUT2D eigenvalue weighted by atomic mass is 9.98. The van der Waals surface area contributed by atoms with Crippen molar-refractivity contribution < 1.29 is 32.1 Å². The number of ether oxygens (including phenoxy) is 4. The summed E-state index contributed by atoms with van der Waals surface area (Å²) >= 11 is 0. The highest BCUT2D eigenvalue weighted by Crippen LogP contribution is 2.41. The van der Waals surface area contributed by atoms with Crippen molar-refractivity contribution in [1.82, 2.24) is 14.9 Å². The number of H-pyrrole nitrogens is 1. The van der Waals surface area contributed by atoms with Crippen LogP contribution in [0.15, 0.2) is 48.5 Å². The summed E-state index contributed by atoms with van der Waals surface area (Å²) in [6.45, 7) is 9.68. The predicted octanol–water partition coefficient (Wildman–Crippen LogP) is 7.36. The van der Waals surface area contributed by atoms with E-state index in [1.54, 1.807) is 24.3 Å². The third-order valence-electron chi connectivity index (χ3n) is 7.23. The number of hydrogen-bond donors (Lipinski definition) is 1. The first-order valence-electron chi connectivity index (χ1n) is 13.8. The SMILES string of the molecule is COc1cc(-c2nc3c(Cc4ccccc4C(F)(F)F)cc(OCCN(C(C)C)C(C)C)cc3[nH]2)cc(OC)c1OC. The molecule has 0 saturated heterocycles. The number of fused-ring (bicyclic) bond motifs is 1. The number of aromatic nitrogens is 2. The minimum atomic E-state index is -4.48. The van der Waals surface area contributed by atoms with Crippen molar-refractivity contribution in [2.75, 3.05) is 34.5 Å². The number of nitrogens with zero attached hydrogens (tertiary/aromatic N) is 2. The lowest BCUT2D eigenvalue weighted by Crippen LogP contribution is -2.39. The highest BCUT2D eigenvalue weighted by atomic mass is 19.4. The van der Waals surface area contributed by atoms with Crippen molar-refractivity contribution >= 4 is 11.0 Å². The van der Waals surface area contributed by atoms with Gasteiger partial charge in [-0.2, -0.15) is 13.2 Å². The first kappa shape index (κ1) is 31.0. The third-order valence-corrected chi connectivity index (χ3v) is 7.23. The van der Waals surface area contributed by atoms with Gasteiger partial charge in [0.1, 0.15) is 18.2 Å². The Bertz CT molecular complexity index is 1480. The van der Waals surface area contributed by atoms with Gasteiger partial charge in [0.25, 0.3) is 0 Å². The summed E-state index contributed by atoms with van der Waals surface area (Å²) in [5.74, 6) is 2.40. The van der Waals surface area contributed by atoms with Gasteiger partial charge in [0.05, 0.1) is 37.9 Å². The molecule has 4 rings (SSSR count). The van der Waals surface area contributed by atoms with Gasteiger partial charge in [-0.3, -0.25) is 4.90 Å². The van der Waals surface area contributed by atoms with E-state index in [0.717, 1.165) is 6.07 Å². The topological polar surface area (TPSA) is 68.8 Å². The maximum absolute atomic E-state index is 13.9. The molecule has 0 aliphatic carbocycles. The van der Waals surface area contributed by atoms with E-state index in [4.69, 9.17) is 23.9 Å². The molecule has 7 nitrogen and oxygen atoms in total. The van der Waals surface area contributed by atoms with Crippen molar-refractivity contribution in [3.8, 4) is 34.4 Å². The molecule has 0 saturated carbocycles. The van der Waals surface area contributed by atoms with E-state index < -0.39 is 11.7 Å². The van der Waals surface area contributed by atoms with Crippen molar-refractivity contribution in [3.63, 3.8) is 0 Å². The molecule has 1 heterocycles. The van der Waals surface area contributed by atoms with Crippen LogP contribution in [0.4, 0.5) is 13.2 Å². The lowest BCUT2D eigenvalue weighted by Gasteiger charge is -2.30. The Morgan fingerprint density at radius 2 is 1.50 bits per heavy atom. The molecule has 0 atom stereocenters. The average Bonchev–Trinajstić information content (AvgIpc) is 3.38. The number of halogens is 3. The number of alkyl halides is 3. The average molecular weight is 586 g/mol. The highest BCUT2D eigenvalue weighted by Gasteiger charge is 2.33. The van der Waals surface area contributed by atoms with Gasteiger partial charge < -0.3 is 23.9 Å². The molecule has 0 bridgehead atoms. The van der Waals surface area contributed by atoms with Crippen LogP contribution in [0, 0.1) is 0 Å². The van der Waals surface area contributed by atoms with Crippen molar-refractivity contribution in [3.05, 3.63) is 65.2 Å². The van der Waals surface area contributed by atoms with Gasteiger partial charge in [-0.25, -0.2) is 4.98 Å². The summed E-state index contributed by atoms with van der Waals surface area (Å²) in [5.41, 5.74) is 1.95. The maximum Gasteiger partial charge on any atom is 0.416 e. The monoisotopic (exact) mass is 585 g/mol. The molecule has 0 unspecified atom stereocenters. The lowest BCUT2D eigenvalue weighted by molar-refractivity contribution is -0.138. The van der Waals surface area contributed by atoms with Gasteiger partial charge in [-0.15, -0.1) is 0 Å². The first-order valence-corrected chi connectivity index (χ1v) is 13.8. The summed E-state index contributed by atoms with van der Waals surface area (Å²) in [6, 6.07) is 13.4. The van der Waals surface area contributed by atoms with Gasteiger partial charge in [0.2, 0.25) is 5.75 Å². The van der Waals surface area contributed by atoms with E-state index in [2.05, 4.69) is 37.6 Å². The van der Waals surface area contributed by atoms with Crippen LogP contribution in [0.2, 0.25) is 0 Å². The van der Waals surface area contributed by atoms with Crippen LogP contribution < -0.4 is 18.9 Å². The molecule has 42 heavy (non-hydrogen) atoms. The van der Waals surface area contributed by atoms with Gasteiger partial charge in [0, 0.05) is 36.7 Å². The van der Waals surface area contributed by atoms with Crippen molar-refractivity contribution in [1.29, 1.82) is 0 Å². The highest BCUT2D eigenvalue weighted by molar-refractivity contribution is 5.85. The molecular formula is C32H38F3N3O4. The fourth-order valence-corrected chi connectivity index (χ4v) is 5.27. The van der Waals surface area contributed by atoms with Gasteiger partial charge in [-0.05, 0) is 63.1 Å². The number of aromatic amines is 1. The van der Waals surface area contributed by atoms with Crippen LogP contribution >= 0.6 is 0 Å². The minimum absolute atomic E-state index is 0.0209. The Labute approximate surface area is 244 Å². The molecular weight excluding hydrogens is 547 g/mol. The second kappa shape index (κ2) is 12.9. The Balaban J connectivity index is 1.79. The molecule has 0 radical (unpaired) electrons. The van der Waals surface area contributed by atoms with Crippen molar-refractivity contribution in [2.24, 2.45) is 0 Å². The zero-order valence-electron chi connectivity index (χ0n) is 25.1. The Morgan fingerprint density at radius 1 is 0.857 bits per heavy atom. The minimum Gasteiger partial charge on any atom is -0.493 e. The maximum atomic E-state index is 13.9. The largest absolute Gasteiger partial charge is 0.493 e. The Kier molecular flexibility index (Phi) is 9.56. The van der Waals surface area contributed by atoms with Crippen LogP contribution in [0.5, 0.6) is 23.0 Å². The van der Waals surface area contributed by atoms with E-state index in [-0.39, 0.29) is 12.0 Å².